The first-order valence-corrected chi connectivity index (χ1v) is 15.1. The molecule has 0 saturated carbocycles. The van der Waals surface area contributed by atoms with Crippen molar-refractivity contribution in [2.75, 3.05) is 57.8 Å². The number of carbonyl (C=O) groups is 2. The van der Waals surface area contributed by atoms with Crippen LogP contribution in [0.3, 0.4) is 0 Å². The predicted octanol–water partition coefficient (Wildman–Crippen LogP) is 4.55. The number of H-pyrrole nitrogens is 1. The summed E-state index contributed by atoms with van der Waals surface area (Å²) in [6.45, 7) is 15.5. The second kappa shape index (κ2) is 12.7. The summed E-state index contributed by atoms with van der Waals surface area (Å²) in [4.78, 5) is 34.4. The van der Waals surface area contributed by atoms with E-state index in [-0.39, 0.29) is 11.8 Å². The maximum atomic E-state index is 13.0. The van der Waals surface area contributed by atoms with Gasteiger partial charge in [0.25, 0.3) is 11.8 Å². The minimum atomic E-state index is -0.0987. The summed E-state index contributed by atoms with van der Waals surface area (Å²) in [5.41, 5.74) is 6.90. The molecule has 8 heteroatoms. The first kappa shape index (κ1) is 28.6. The number of aryl methyl sites for hydroxylation is 1. The Morgan fingerprint density at radius 2 is 1.85 bits per heavy atom. The topological polar surface area (TPSA) is 89.7 Å². The molecule has 2 aromatic rings. The average molecular weight is 548 g/mol. The van der Waals surface area contributed by atoms with E-state index in [0.717, 1.165) is 99.8 Å². The van der Waals surface area contributed by atoms with Crippen molar-refractivity contribution in [3.8, 4) is 0 Å². The standard InChI is InChI=1S/C32H45N5O3/c1-5-36(6-2)16-13-33-32(39)30-21(3)29(34-22(30)4)20-27-26-19-24(7-8-28(26)35-31(27)38)23-9-14-37(15-10-23)25-11-17-40-18-12-25/h7-8,19-20,23,25,34H,5-6,9-18H2,1-4H3,(H,33,39)(H,35,38). The molecular formula is C32H45N5O3. The summed E-state index contributed by atoms with van der Waals surface area (Å²) in [6, 6.07) is 7.10. The van der Waals surface area contributed by atoms with Crippen molar-refractivity contribution in [3.05, 3.63) is 51.8 Å². The van der Waals surface area contributed by atoms with Gasteiger partial charge in [-0.25, -0.2) is 0 Å². The lowest BCUT2D eigenvalue weighted by Gasteiger charge is -2.39. The van der Waals surface area contributed by atoms with Gasteiger partial charge in [-0.2, -0.15) is 0 Å². The third kappa shape index (κ3) is 6.04. The summed E-state index contributed by atoms with van der Waals surface area (Å²) in [5, 5.41) is 6.10. The van der Waals surface area contributed by atoms with E-state index in [0.29, 0.717) is 29.6 Å². The highest BCUT2D eigenvalue weighted by Crippen LogP contribution is 2.38. The van der Waals surface area contributed by atoms with Crippen molar-refractivity contribution in [3.63, 3.8) is 0 Å². The number of ether oxygens (including phenoxy) is 1. The number of anilines is 1. The number of benzene rings is 1. The molecule has 40 heavy (non-hydrogen) atoms. The number of hydrogen-bond donors (Lipinski definition) is 3. The average Bonchev–Trinajstić information content (AvgIpc) is 3.44. The van der Waals surface area contributed by atoms with Gasteiger partial charge in [0.1, 0.15) is 0 Å². The number of carbonyl (C=O) groups excluding carboxylic acids is 2. The van der Waals surface area contributed by atoms with Gasteiger partial charge in [0, 0.05) is 55.0 Å². The van der Waals surface area contributed by atoms with E-state index >= 15 is 0 Å². The van der Waals surface area contributed by atoms with E-state index in [1.165, 1.54) is 5.56 Å². The molecule has 3 N–H and O–H groups in total. The number of rotatable bonds is 9. The lowest BCUT2D eigenvalue weighted by Crippen LogP contribution is -2.43. The van der Waals surface area contributed by atoms with Crippen molar-refractivity contribution in [2.45, 2.75) is 65.3 Å². The van der Waals surface area contributed by atoms with Crippen LogP contribution in [0.25, 0.3) is 11.6 Å². The highest BCUT2D eigenvalue weighted by atomic mass is 16.5. The van der Waals surface area contributed by atoms with Crippen LogP contribution in [-0.2, 0) is 9.53 Å². The van der Waals surface area contributed by atoms with Crippen molar-refractivity contribution in [1.82, 2.24) is 20.1 Å². The summed E-state index contributed by atoms with van der Waals surface area (Å²) < 4.78 is 5.55. The van der Waals surface area contributed by atoms with Gasteiger partial charge in [-0.1, -0.05) is 19.9 Å². The van der Waals surface area contributed by atoms with Crippen LogP contribution in [0, 0.1) is 13.8 Å². The third-order valence-corrected chi connectivity index (χ3v) is 9.13. The Bertz CT molecular complexity index is 1250. The van der Waals surface area contributed by atoms with Gasteiger partial charge in [-0.15, -0.1) is 0 Å². The quantitative estimate of drug-likeness (QED) is 0.401. The number of nitrogens with zero attached hydrogens (tertiary/aromatic N) is 2. The lowest BCUT2D eigenvalue weighted by atomic mass is 9.86. The molecule has 0 radical (unpaired) electrons. The fourth-order valence-corrected chi connectivity index (χ4v) is 6.61. The number of amides is 2. The largest absolute Gasteiger partial charge is 0.381 e. The number of hydrogen-bond acceptors (Lipinski definition) is 5. The molecule has 0 aliphatic carbocycles. The minimum absolute atomic E-state index is 0.0753. The summed E-state index contributed by atoms with van der Waals surface area (Å²) in [7, 11) is 0. The van der Waals surface area contributed by atoms with E-state index in [1.807, 2.05) is 19.9 Å². The second-order valence-corrected chi connectivity index (χ2v) is 11.4. The third-order valence-electron chi connectivity index (χ3n) is 9.13. The van der Waals surface area contributed by atoms with Crippen molar-refractivity contribution < 1.29 is 14.3 Å². The molecule has 5 rings (SSSR count). The van der Waals surface area contributed by atoms with Crippen molar-refractivity contribution >= 4 is 29.2 Å². The number of piperidine rings is 1. The Morgan fingerprint density at radius 1 is 1.12 bits per heavy atom. The Hall–Kier alpha value is -2.94. The van der Waals surface area contributed by atoms with Crippen LogP contribution in [0.5, 0.6) is 0 Å². The van der Waals surface area contributed by atoms with Gasteiger partial charge < -0.3 is 30.2 Å². The monoisotopic (exact) mass is 547 g/mol. The molecular weight excluding hydrogens is 502 g/mol. The molecule has 3 aliphatic heterocycles. The fourth-order valence-electron chi connectivity index (χ4n) is 6.61. The van der Waals surface area contributed by atoms with Crippen LogP contribution < -0.4 is 10.6 Å². The molecule has 8 nitrogen and oxygen atoms in total. The van der Waals surface area contributed by atoms with Gasteiger partial charge in [0.15, 0.2) is 0 Å². The van der Waals surface area contributed by atoms with E-state index in [4.69, 9.17) is 4.74 Å². The van der Waals surface area contributed by atoms with Crippen LogP contribution in [0.2, 0.25) is 0 Å². The van der Waals surface area contributed by atoms with Crippen LogP contribution in [0.1, 0.15) is 83.9 Å². The highest BCUT2D eigenvalue weighted by molar-refractivity contribution is 6.35. The Balaban J connectivity index is 1.30. The molecule has 0 atom stereocenters. The zero-order chi connectivity index (χ0) is 28.2. The highest BCUT2D eigenvalue weighted by Gasteiger charge is 2.30. The lowest BCUT2D eigenvalue weighted by molar-refractivity contribution is -0.110. The molecule has 4 heterocycles. The first-order valence-electron chi connectivity index (χ1n) is 15.1. The predicted molar refractivity (Wildman–Crippen MR) is 161 cm³/mol. The fraction of sp³-hybridized carbons (Fsp3) is 0.562. The smallest absolute Gasteiger partial charge is 0.256 e. The number of likely N-dealkylation sites (tertiary alicyclic amines) is 1. The zero-order valence-corrected chi connectivity index (χ0v) is 24.6. The number of likely N-dealkylation sites (N-methyl/N-ethyl adjacent to an activating group) is 1. The molecule has 216 valence electrons. The number of nitrogens with one attached hydrogen (secondary N) is 3. The van der Waals surface area contributed by atoms with E-state index in [2.05, 4.69) is 57.5 Å². The van der Waals surface area contributed by atoms with E-state index < -0.39 is 0 Å². The number of fused-ring (bicyclic) bond motifs is 1. The van der Waals surface area contributed by atoms with Gasteiger partial charge in [0.2, 0.25) is 0 Å². The molecule has 1 aromatic heterocycles. The van der Waals surface area contributed by atoms with Gasteiger partial charge in [-0.05, 0) is 101 Å². The molecule has 0 bridgehead atoms. The van der Waals surface area contributed by atoms with Crippen molar-refractivity contribution in [1.29, 1.82) is 0 Å². The maximum absolute atomic E-state index is 13.0. The van der Waals surface area contributed by atoms with Gasteiger partial charge >= 0.3 is 0 Å². The minimum Gasteiger partial charge on any atom is -0.381 e. The number of aromatic amines is 1. The van der Waals surface area contributed by atoms with Crippen LogP contribution in [-0.4, -0.2) is 85.1 Å². The Kier molecular flexibility index (Phi) is 9.08. The molecule has 1 aromatic carbocycles. The summed E-state index contributed by atoms with van der Waals surface area (Å²) in [5.74, 6) is 0.325. The Labute approximate surface area is 238 Å². The summed E-state index contributed by atoms with van der Waals surface area (Å²) >= 11 is 0. The molecule has 0 spiro atoms. The van der Waals surface area contributed by atoms with Crippen LogP contribution >= 0.6 is 0 Å². The van der Waals surface area contributed by atoms with E-state index in [1.54, 1.807) is 0 Å². The maximum Gasteiger partial charge on any atom is 0.256 e. The molecule has 2 fully saturated rings. The van der Waals surface area contributed by atoms with Gasteiger partial charge in [-0.3, -0.25) is 9.59 Å². The summed E-state index contributed by atoms with van der Waals surface area (Å²) in [6.07, 6.45) is 6.47. The van der Waals surface area contributed by atoms with Crippen molar-refractivity contribution in [2.24, 2.45) is 0 Å². The first-order chi connectivity index (χ1) is 19.4. The molecule has 3 aliphatic rings. The van der Waals surface area contributed by atoms with Crippen LogP contribution in [0.4, 0.5) is 5.69 Å². The normalized spacial score (nSPS) is 19.8. The molecule has 2 amide bonds. The van der Waals surface area contributed by atoms with E-state index in [9.17, 15) is 9.59 Å². The van der Waals surface area contributed by atoms with Crippen LogP contribution in [0.15, 0.2) is 18.2 Å². The Morgan fingerprint density at radius 3 is 2.55 bits per heavy atom. The molecule has 2 saturated heterocycles. The SMILES string of the molecule is CCN(CC)CCNC(=O)c1c(C)[nH]c(C=C2C(=O)Nc3ccc(C4CCN(C5CCOCC5)CC4)cc32)c1C. The number of aromatic nitrogens is 1. The zero-order valence-electron chi connectivity index (χ0n) is 24.6. The second-order valence-electron chi connectivity index (χ2n) is 11.4. The molecule has 0 unspecified atom stereocenters. The van der Waals surface area contributed by atoms with Gasteiger partial charge in [0.05, 0.1) is 11.1 Å².